The molecule has 196 valence electrons. The molecule has 0 heterocycles. The van der Waals surface area contributed by atoms with Crippen molar-refractivity contribution in [2.24, 2.45) is 0 Å². The third kappa shape index (κ3) is 6.97. The van der Waals surface area contributed by atoms with Crippen molar-refractivity contribution in [3.63, 3.8) is 0 Å². The van der Waals surface area contributed by atoms with Gasteiger partial charge in [-0.3, -0.25) is 9.59 Å². The van der Waals surface area contributed by atoms with E-state index in [1.807, 2.05) is 37.3 Å². The summed E-state index contributed by atoms with van der Waals surface area (Å²) in [4.78, 5) is 25.3. The Morgan fingerprint density at radius 3 is 2.14 bits per heavy atom. The molecule has 1 unspecified atom stereocenters. The summed E-state index contributed by atoms with van der Waals surface area (Å²) in [6, 6.07) is 18.9. The molecular weight excluding hydrogens is 505 g/mol. The first-order valence-electron chi connectivity index (χ1n) is 11.7. The highest BCUT2D eigenvalue weighted by Gasteiger charge is 2.46. The van der Waals surface area contributed by atoms with Crippen LogP contribution < -0.4 is 10.6 Å². The van der Waals surface area contributed by atoms with Crippen LogP contribution in [0.15, 0.2) is 83.8 Å². The van der Waals surface area contributed by atoms with Gasteiger partial charge in [0.2, 0.25) is 5.91 Å². The zero-order chi connectivity index (χ0) is 27.1. The molecular formula is C27H27F3N2O4S. The van der Waals surface area contributed by atoms with Crippen molar-refractivity contribution < 1.29 is 31.2 Å². The highest BCUT2D eigenvalue weighted by atomic mass is 32.2. The fourth-order valence-corrected chi connectivity index (χ4v) is 4.45. The summed E-state index contributed by atoms with van der Waals surface area (Å²) < 4.78 is 62.2. The molecule has 37 heavy (non-hydrogen) atoms. The molecule has 0 saturated carbocycles. The maximum atomic E-state index is 13.3. The summed E-state index contributed by atoms with van der Waals surface area (Å²) >= 11 is 0. The molecule has 0 aliphatic heterocycles. The van der Waals surface area contributed by atoms with E-state index in [4.69, 9.17) is 0 Å². The van der Waals surface area contributed by atoms with Gasteiger partial charge in [0.25, 0.3) is 15.7 Å². The van der Waals surface area contributed by atoms with Crippen molar-refractivity contribution in [2.45, 2.75) is 42.6 Å². The predicted octanol–water partition coefficient (Wildman–Crippen LogP) is 4.96. The molecule has 2 N–H and O–H groups in total. The molecule has 0 spiro atoms. The Kier molecular flexibility index (Phi) is 9.09. The van der Waals surface area contributed by atoms with Crippen molar-refractivity contribution in [1.82, 2.24) is 10.6 Å². The number of alkyl halides is 3. The second-order valence-corrected chi connectivity index (χ2v) is 10.3. The third-order valence-corrected chi connectivity index (χ3v) is 7.20. The zero-order valence-electron chi connectivity index (χ0n) is 20.1. The smallest absolute Gasteiger partial charge is 0.354 e. The van der Waals surface area contributed by atoms with E-state index in [-0.39, 0.29) is 5.56 Å². The van der Waals surface area contributed by atoms with Crippen LogP contribution in [0.4, 0.5) is 13.2 Å². The first kappa shape index (κ1) is 27.9. The predicted molar refractivity (Wildman–Crippen MR) is 133 cm³/mol. The van der Waals surface area contributed by atoms with Gasteiger partial charge in [0.05, 0.1) is 4.90 Å². The van der Waals surface area contributed by atoms with Crippen molar-refractivity contribution in [3.8, 4) is 0 Å². The van der Waals surface area contributed by atoms with E-state index >= 15 is 0 Å². The number of unbranched alkanes of at least 4 members (excludes halogenated alkanes) is 1. The largest absolute Gasteiger partial charge is 0.501 e. The Morgan fingerprint density at radius 2 is 1.51 bits per heavy atom. The molecule has 3 aromatic carbocycles. The molecule has 0 aliphatic rings. The quantitative estimate of drug-likeness (QED) is 0.361. The van der Waals surface area contributed by atoms with E-state index in [1.165, 1.54) is 0 Å². The Morgan fingerprint density at radius 1 is 0.892 bits per heavy atom. The molecule has 1 atom stereocenters. The fourth-order valence-electron chi connectivity index (χ4n) is 3.68. The molecule has 2 amide bonds. The molecule has 0 radical (unpaired) electrons. The van der Waals surface area contributed by atoms with Crippen molar-refractivity contribution in [3.05, 3.63) is 101 Å². The second-order valence-electron chi connectivity index (χ2n) is 8.39. The van der Waals surface area contributed by atoms with E-state index in [9.17, 15) is 31.2 Å². The Balaban J connectivity index is 1.90. The first-order valence-corrected chi connectivity index (χ1v) is 13.1. The van der Waals surface area contributed by atoms with Gasteiger partial charge in [-0.1, -0.05) is 74.0 Å². The van der Waals surface area contributed by atoms with Crippen LogP contribution in [-0.2, 0) is 21.1 Å². The molecule has 0 fully saturated rings. The number of benzene rings is 3. The van der Waals surface area contributed by atoms with Crippen LogP contribution in [0.25, 0.3) is 0 Å². The number of rotatable bonds is 10. The van der Waals surface area contributed by atoms with Crippen molar-refractivity contribution >= 4 is 21.7 Å². The zero-order valence-corrected chi connectivity index (χ0v) is 20.9. The van der Waals surface area contributed by atoms with Crippen LogP contribution in [0, 0.1) is 0 Å². The molecule has 10 heteroatoms. The van der Waals surface area contributed by atoms with Crippen LogP contribution in [0.3, 0.4) is 0 Å². The summed E-state index contributed by atoms with van der Waals surface area (Å²) in [5, 5.41) is 5.38. The van der Waals surface area contributed by atoms with E-state index in [0.29, 0.717) is 24.9 Å². The number of hydrogen-bond acceptors (Lipinski definition) is 4. The highest BCUT2D eigenvalue weighted by Crippen LogP contribution is 2.31. The third-order valence-electron chi connectivity index (χ3n) is 5.70. The monoisotopic (exact) mass is 532 g/mol. The lowest BCUT2D eigenvalue weighted by Crippen LogP contribution is -2.41. The van der Waals surface area contributed by atoms with Crippen LogP contribution in [0.2, 0.25) is 0 Å². The van der Waals surface area contributed by atoms with Gasteiger partial charge in [0.1, 0.15) is 6.04 Å². The number of carbonyl (C=O) groups excluding carboxylic acids is 2. The van der Waals surface area contributed by atoms with Crippen molar-refractivity contribution in [1.29, 1.82) is 0 Å². The van der Waals surface area contributed by atoms with Gasteiger partial charge >= 0.3 is 5.51 Å². The molecule has 0 saturated heterocycles. The fraction of sp³-hybridized carbons (Fsp3) is 0.259. The summed E-state index contributed by atoms with van der Waals surface area (Å²) in [5.74, 6) is -1.11. The minimum atomic E-state index is -5.55. The minimum absolute atomic E-state index is 0.143. The van der Waals surface area contributed by atoms with Crippen LogP contribution in [-0.4, -0.2) is 32.3 Å². The maximum Gasteiger partial charge on any atom is 0.501 e. The number of hydrogen-bond donors (Lipinski definition) is 2. The Hall–Kier alpha value is -3.66. The normalized spacial score (nSPS) is 12.5. The van der Waals surface area contributed by atoms with Crippen molar-refractivity contribution in [2.75, 3.05) is 6.54 Å². The molecule has 0 aromatic heterocycles. The minimum Gasteiger partial charge on any atom is -0.354 e. The Labute approximate surface area is 213 Å². The lowest BCUT2D eigenvalue weighted by atomic mass is 9.98. The summed E-state index contributed by atoms with van der Waals surface area (Å²) in [6.45, 7) is 2.28. The average molecular weight is 533 g/mol. The molecule has 3 rings (SSSR count). The summed E-state index contributed by atoms with van der Waals surface area (Å²) in [5.41, 5.74) is -3.26. The SMILES string of the molecule is CCCCNC(=O)C(NC(=O)c1ccccc1Cc1ccccc1)c1ccc(S(=O)(=O)C(F)(F)F)cc1. The van der Waals surface area contributed by atoms with Gasteiger partial charge in [0, 0.05) is 12.1 Å². The van der Waals surface area contributed by atoms with Gasteiger partial charge in [0.15, 0.2) is 0 Å². The van der Waals surface area contributed by atoms with Gasteiger partial charge in [-0.25, -0.2) is 8.42 Å². The molecule has 6 nitrogen and oxygen atoms in total. The van der Waals surface area contributed by atoms with E-state index in [2.05, 4.69) is 10.6 Å². The topological polar surface area (TPSA) is 92.3 Å². The second kappa shape index (κ2) is 12.1. The molecule has 0 aliphatic carbocycles. The van der Waals surface area contributed by atoms with Crippen LogP contribution >= 0.6 is 0 Å². The molecule has 3 aromatic rings. The maximum absolute atomic E-state index is 13.3. The van der Waals surface area contributed by atoms with E-state index in [0.717, 1.165) is 41.8 Å². The number of carbonyl (C=O) groups is 2. The summed E-state index contributed by atoms with van der Waals surface area (Å²) in [7, 11) is -5.55. The average Bonchev–Trinajstić information content (AvgIpc) is 2.87. The highest BCUT2D eigenvalue weighted by molar-refractivity contribution is 7.92. The number of amides is 2. The van der Waals surface area contributed by atoms with Gasteiger partial charge in [-0.15, -0.1) is 0 Å². The Bertz CT molecular complexity index is 1330. The lowest BCUT2D eigenvalue weighted by Gasteiger charge is -2.20. The lowest BCUT2D eigenvalue weighted by molar-refractivity contribution is -0.123. The number of nitrogens with one attached hydrogen (secondary N) is 2. The standard InChI is InChI=1S/C27H27F3N2O4S/c1-2-3-17-31-26(34)24(20-13-15-22(16-14-20)37(35,36)27(28,29)30)32-25(33)23-12-8-7-11-21(23)18-19-9-5-4-6-10-19/h4-16,24H,2-3,17-18H2,1H3,(H,31,34)(H,32,33). The van der Waals surface area contributed by atoms with Crippen LogP contribution in [0.1, 0.15) is 52.9 Å². The number of halogens is 3. The van der Waals surface area contributed by atoms with Crippen LogP contribution in [0.5, 0.6) is 0 Å². The van der Waals surface area contributed by atoms with E-state index < -0.39 is 38.1 Å². The van der Waals surface area contributed by atoms with Gasteiger partial charge < -0.3 is 10.6 Å². The van der Waals surface area contributed by atoms with E-state index in [1.54, 1.807) is 24.3 Å². The summed E-state index contributed by atoms with van der Waals surface area (Å²) in [6.07, 6.45) is 1.98. The van der Waals surface area contributed by atoms with Gasteiger partial charge in [-0.2, -0.15) is 13.2 Å². The number of sulfone groups is 1. The van der Waals surface area contributed by atoms with Gasteiger partial charge in [-0.05, 0) is 47.7 Å². The molecule has 0 bridgehead atoms. The first-order chi connectivity index (χ1) is 17.5.